The lowest BCUT2D eigenvalue weighted by Crippen LogP contribution is -2.08. The van der Waals surface area contributed by atoms with E-state index in [0.29, 0.717) is 5.82 Å². The van der Waals surface area contributed by atoms with E-state index < -0.39 is 0 Å². The molecule has 82 valence electrons. The molecule has 0 atom stereocenters. The number of benzene rings is 1. The fourth-order valence-electron chi connectivity index (χ4n) is 1.18. The number of nitrogen functional groups attached to an aromatic ring is 1. The van der Waals surface area contributed by atoms with E-state index >= 15 is 0 Å². The minimum atomic E-state index is 0.577. The Morgan fingerprint density at radius 1 is 1.12 bits per heavy atom. The first-order valence-electron chi connectivity index (χ1n) is 4.84. The maximum Gasteiger partial charge on any atom is 0.158 e. The van der Waals surface area contributed by atoms with Gasteiger partial charge in [0.05, 0.1) is 18.1 Å². The van der Waals surface area contributed by atoms with Crippen molar-refractivity contribution in [1.82, 2.24) is 9.97 Å². The van der Waals surface area contributed by atoms with Crippen LogP contribution in [0.1, 0.15) is 5.69 Å². The summed E-state index contributed by atoms with van der Waals surface area (Å²) >= 11 is 1.73. The van der Waals surface area contributed by atoms with E-state index in [1.165, 1.54) is 4.90 Å². The number of hydrazine groups is 1. The molecule has 0 spiro atoms. The molecule has 0 bridgehead atoms. The highest BCUT2D eigenvalue weighted by molar-refractivity contribution is 7.98. The molecule has 0 aliphatic heterocycles. The molecule has 0 saturated carbocycles. The number of nitrogens with two attached hydrogens (primary N) is 1. The van der Waals surface area contributed by atoms with Crippen LogP contribution in [0.25, 0.3) is 0 Å². The van der Waals surface area contributed by atoms with Crippen molar-refractivity contribution in [2.24, 2.45) is 5.84 Å². The topological polar surface area (TPSA) is 63.8 Å². The molecule has 2 rings (SSSR count). The van der Waals surface area contributed by atoms with Crippen molar-refractivity contribution in [1.29, 1.82) is 0 Å². The molecule has 0 aliphatic carbocycles. The molecule has 16 heavy (non-hydrogen) atoms. The highest BCUT2D eigenvalue weighted by Crippen LogP contribution is 2.20. The van der Waals surface area contributed by atoms with Crippen LogP contribution in [-0.2, 0) is 5.75 Å². The van der Waals surface area contributed by atoms with Crippen molar-refractivity contribution in [2.75, 3.05) is 5.43 Å². The Kier molecular flexibility index (Phi) is 3.74. The zero-order valence-electron chi connectivity index (χ0n) is 8.63. The average molecular weight is 232 g/mol. The molecule has 5 heteroatoms. The minimum absolute atomic E-state index is 0.577. The summed E-state index contributed by atoms with van der Waals surface area (Å²) in [5, 5.41) is 0. The number of thioether (sulfide) groups is 1. The molecule has 0 radical (unpaired) electrons. The van der Waals surface area contributed by atoms with Gasteiger partial charge in [-0.25, -0.2) is 10.8 Å². The second-order valence-corrected chi connectivity index (χ2v) is 4.19. The number of aromatic nitrogens is 2. The van der Waals surface area contributed by atoms with Gasteiger partial charge in [-0.3, -0.25) is 4.98 Å². The molecule has 0 fully saturated rings. The fourth-order valence-corrected chi connectivity index (χ4v) is 1.99. The Morgan fingerprint density at radius 2 is 1.94 bits per heavy atom. The predicted octanol–water partition coefficient (Wildman–Crippen LogP) is 2.05. The normalized spacial score (nSPS) is 10.1. The van der Waals surface area contributed by atoms with Crippen molar-refractivity contribution in [2.45, 2.75) is 10.6 Å². The van der Waals surface area contributed by atoms with Crippen LogP contribution in [0, 0.1) is 0 Å². The van der Waals surface area contributed by atoms with Gasteiger partial charge in [0, 0.05) is 10.6 Å². The largest absolute Gasteiger partial charge is 0.307 e. The quantitative estimate of drug-likeness (QED) is 0.480. The van der Waals surface area contributed by atoms with Crippen LogP contribution in [0.2, 0.25) is 0 Å². The van der Waals surface area contributed by atoms with E-state index in [2.05, 4.69) is 27.5 Å². The van der Waals surface area contributed by atoms with Gasteiger partial charge in [-0.1, -0.05) is 18.2 Å². The monoisotopic (exact) mass is 232 g/mol. The van der Waals surface area contributed by atoms with Gasteiger partial charge in [-0.05, 0) is 12.1 Å². The highest BCUT2D eigenvalue weighted by Gasteiger charge is 1.98. The van der Waals surface area contributed by atoms with Crippen molar-refractivity contribution >= 4 is 17.6 Å². The standard InChI is InChI=1S/C11H12N4S/c12-15-11-7-13-9(6-14-11)8-16-10-4-2-1-3-5-10/h1-7H,8,12H2,(H,14,15). The first kappa shape index (κ1) is 10.9. The third kappa shape index (κ3) is 2.95. The number of hydrogen-bond donors (Lipinski definition) is 2. The van der Waals surface area contributed by atoms with Crippen molar-refractivity contribution in [3.8, 4) is 0 Å². The first-order valence-corrected chi connectivity index (χ1v) is 5.82. The number of anilines is 1. The van der Waals surface area contributed by atoms with Gasteiger partial charge in [-0.15, -0.1) is 11.8 Å². The van der Waals surface area contributed by atoms with Crippen LogP contribution in [0.3, 0.4) is 0 Å². The van der Waals surface area contributed by atoms with Gasteiger partial charge in [0.25, 0.3) is 0 Å². The molecule has 1 heterocycles. The van der Waals surface area contributed by atoms with Crippen LogP contribution in [-0.4, -0.2) is 9.97 Å². The number of nitrogens with zero attached hydrogens (tertiary/aromatic N) is 2. The summed E-state index contributed by atoms with van der Waals surface area (Å²) in [7, 11) is 0. The molecule has 0 saturated heterocycles. The van der Waals surface area contributed by atoms with E-state index in [4.69, 9.17) is 5.84 Å². The third-order valence-corrected chi connectivity index (χ3v) is 3.03. The Labute approximate surface area is 98.3 Å². The maximum absolute atomic E-state index is 5.21. The van der Waals surface area contributed by atoms with Gasteiger partial charge in [0.15, 0.2) is 5.82 Å². The zero-order chi connectivity index (χ0) is 11.2. The van der Waals surface area contributed by atoms with Gasteiger partial charge in [-0.2, -0.15) is 0 Å². The van der Waals surface area contributed by atoms with E-state index in [9.17, 15) is 0 Å². The van der Waals surface area contributed by atoms with Crippen LogP contribution in [0.4, 0.5) is 5.82 Å². The van der Waals surface area contributed by atoms with E-state index in [-0.39, 0.29) is 0 Å². The van der Waals surface area contributed by atoms with Gasteiger partial charge < -0.3 is 5.43 Å². The summed E-state index contributed by atoms with van der Waals surface area (Å²) in [6.07, 6.45) is 3.35. The van der Waals surface area contributed by atoms with Crippen molar-refractivity contribution in [3.63, 3.8) is 0 Å². The third-order valence-electron chi connectivity index (χ3n) is 1.98. The zero-order valence-corrected chi connectivity index (χ0v) is 9.45. The lowest BCUT2D eigenvalue weighted by Gasteiger charge is -2.02. The summed E-state index contributed by atoms with van der Waals surface area (Å²) in [6, 6.07) is 10.2. The molecule has 1 aromatic carbocycles. The van der Waals surface area contributed by atoms with E-state index in [0.717, 1.165) is 11.4 Å². The summed E-state index contributed by atoms with van der Waals surface area (Å²) in [5.41, 5.74) is 3.39. The first-order chi connectivity index (χ1) is 7.88. The predicted molar refractivity (Wildman–Crippen MR) is 65.8 cm³/mol. The Bertz CT molecular complexity index is 429. The molecule has 0 unspecified atom stereocenters. The van der Waals surface area contributed by atoms with Crippen LogP contribution >= 0.6 is 11.8 Å². The summed E-state index contributed by atoms with van der Waals surface area (Å²) in [6.45, 7) is 0. The van der Waals surface area contributed by atoms with E-state index in [1.807, 2.05) is 18.2 Å². The summed E-state index contributed by atoms with van der Waals surface area (Å²) in [5.74, 6) is 6.59. The Morgan fingerprint density at radius 3 is 2.56 bits per heavy atom. The van der Waals surface area contributed by atoms with Gasteiger partial charge in [0.1, 0.15) is 0 Å². The molecule has 1 aromatic heterocycles. The van der Waals surface area contributed by atoms with Crippen LogP contribution in [0.5, 0.6) is 0 Å². The van der Waals surface area contributed by atoms with Crippen LogP contribution in [0.15, 0.2) is 47.6 Å². The second kappa shape index (κ2) is 5.48. The maximum atomic E-state index is 5.21. The summed E-state index contributed by atoms with van der Waals surface area (Å²) < 4.78 is 0. The molecule has 0 amide bonds. The number of rotatable bonds is 4. The molecule has 3 N–H and O–H groups in total. The molecular formula is C11H12N4S. The molecular weight excluding hydrogens is 220 g/mol. The number of hydrogen-bond acceptors (Lipinski definition) is 5. The number of nitrogens with one attached hydrogen (secondary N) is 1. The van der Waals surface area contributed by atoms with Crippen LogP contribution < -0.4 is 11.3 Å². The summed E-state index contributed by atoms with van der Waals surface area (Å²) in [4.78, 5) is 9.56. The van der Waals surface area contributed by atoms with Gasteiger partial charge in [0.2, 0.25) is 0 Å². The Hall–Kier alpha value is -1.59. The Balaban J connectivity index is 1.94. The molecule has 2 aromatic rings. The van der Waals surface area contributed by atoms with Crippen molar-refractivity contribution in [3.05, 3.63) is 48.4 Å². The lowest BCUT2D eigenvalue weighted by molar-refractivity contribution is 1.08. The fraction of sp³-hybridized carbons (Fsp3) is 0.0909. The average Bonchev–Trinajstić information content (AvgIpc) is 2.38. The SMILES string of the molecule is NNc1cnc(CSc2ccccc2)cn1. The smallest absolute Gasteiger partial charge is 0.158 e. The molecule has 0 aliphatic rings. The minimum Gasteiger partial charge on any atom is -0.307 e. The highest BCUT2D eigenvalue weighted by atomic mass is 32.2. The second-order valence-electron chi connectivity index (χ2n) is 3.14. The van der Waals surface area contributed by atoms with E-state index in [1.54, 1.807) is 24.2 Å². The lowest BCUT2D eigenvalue weighted by atomic mass is 10.4. The van der Waals surface area contributed by atoms with Gasteiger partial charge >= 0.3 is 0 Å². The van der Waals surface area contributed by atoms with Crippen molar-refractivity contribution < 1.29 is 0 Å². The molecule has 4 nitrogen and oxygen atoms in total.